The zero-order valence-corrected chi connectivity index (χ0v) is 15.4. The second-order valence-electron chi connectivity index (χ2n) is 5.42. The third kappa shape index (κ3) is 6.17. The fourth-order valence-corrected chi connectivity index (χ4v) is 2.13. The molecular weight excluding hydrogens is 364 g/mol. The Bertz CT molecular complexity index is 864. The zero-order chi connectivity index (χ0) is 20.4. The number of hydrogen-bond acceptors (Lipinski definition) is 6. The fraction of sp³-hybridized carbons (Fsp3) is 0.150. The quantitative estimate of drug-likeness (QED) is 0.428. The van der Waals surface area contributed by atoms with Gasteiger partial charge in [-0.2, -0.15) is 0 Å². The number of benzene rings is 2. The summed E-state index contributed by atoms with van der Waals surface area (Å²) in [5.41, 5.74) is 5.47. The molecule has 0 heterocycles. The largest absolute Gasteiger partial charge is 0.493 e. The van der Waals surface area contributed by atoms with E-state index in [-0.39, 0.29) is 0 Å². The standard InChI is InChI=1S/C20H20N2O6/c1-26-16-10-8-14(12-17(16)27-2)9-11-19(24)28-13-18(23)21-22-20(25)15-6-4-3-5-7-15/h3-12H,13H2,1-2H3,(H,21,23)(H,22,25). The summed E-state index contributed by atoms with van der Waals surface area (Å²) in [7, 11) is 3.03. The number of carbonyl (C=O) groups is 3. The van der Waals surface area contributed by atoms with Crippen LogP contribution in [0, 0.1) is 0 Å². The Morgan fingerprint density at radius 2 is 1.64 bits per heavy atom. The van der Waals surface area contributed by atoms with Crippen molar-refractivity contribution in [1.29, 1.82) is 0 Å². The zero-order valence-electron chi connectivity index (χ0n) is 15.4. The van der Waals surface area contributed by atoms with Gasteiger partial charge in [-0.05, 0) is 35.9 Å². The normalized spacial score (nSPS) is 10.2. The molecule has 0 aliphatic heterocycles. The second-order valence-corrected chi connectivity index (χ2v) is 5.42. The topological polar surface area (TPSA) is 103 Å². The minimum absolute atomic E-state index is 0.387. The van der Waals surface area contributed by atoms with Crippen molar-refractivity contribution in [2.45, 2.75) is 0 Å². The van der Waals surface area contributed by atoms with Gasteiger partial charge < -0.3 is 14.2 Å². The number of rotatable bonds is 7. The number of amides is 2. The first-order chi connectivity index (χ1) is 13.5. The van der Waals surface area contributed by atoms with Crippen molar-refractivity contribution in [1.82, 2.24) is 10.9 Å². The van der Waals surface area contributed by atoms with E-state index in [1.807, 2.05) is 0 Å². The highest BCUT2D eigenvalue weighted by Crippen LogP contribution is 2.27. The molecular formula is C20H20N2O6. The summed E-state index contributed by atoms with van der Waals surface area (Å²) in [4.78, 5) is 35.2. The van der Waals surface area contributed by atoms with Gasteiger partial charge in [0.25, 0.3) is 11.8 Å². The lowest BCUT2D eigenvalue weighted by Gasteiger charge is -2.08. The molecule has 2 aromatic rings. The average molecular weight is 384 g/mol. The Morgan fingerprint density at radius 3 is 2.32 bits per heavy atom. The SMILES string of the molecule is COc1ccc(C=CC(=O)OCC(=O)NNC(=O)c2ccccc2)cc1OC. The molecule has 8 nitrogen and oxygen atoms in total. The van der Waals surface area contributed by atoms with Crippen LogP contribution in [0.3, 0.4) is 0 Å². The fourth-order valence-electron chi connectivity index (χ4n) is 2.13. The van der Waals surface area contributed by atoms with Crippen LogP contribution in [0.25, 0.3) is 6.08 Å². The summed E-state index contributed by atoms with van der Waals surface area (Å²) in [6, 6.07) is 13.5. The first-order valence-electron chi connectivity index (χ1n) is 8.24. The summed E-state index contributed by atoms with van der Waals surface area (Å²) in [6.45, 7) is -0.538. The first kappa shape index (κ1) is 20.5. The van der Waals surface area contributed by atoms with Crippen LogP contribution >= 0.6 is 0 Å². The molecule has 0 saturated heterocycles. The Morgan fingerprint density at radius 1 is 0.929 bits per heavy atom. The van der Waals surface area contributed by atoms with Crippen molar-refractivity contribution >= 4 is 23.9 Å². The van der Waals surface area contributed by atoms with Gasteiger partial charge in [0.2, 0.25) is 0 Å². The molecule has 2 rings (SSSR count). The molecule has 2 amide bonds. The minimum atomic E-state index is -0.709. The van der Waals surface area contributed by atoms with Gasteiger partial charge in [-0.1, -0.05) is 24.3 Å². The molecule has 0 unspecified atom stereocenters. The molecule has 28 heavy (non-hydrogen) atoms. The van der Waals surface area contributed by atoms with Crippen molar-refractivity contribution in [3.05, 3.63) is 65.7 Å². The number of ether oxygens (including phenoxy) is 3. The van der Waals surface area contributed by atoms with Gasteiger partial charge in [0.15, 0.2) is 18.1 Å². The molecule has 0 aliphatic carbocycles. The van der Waals surface area contributed by atoms with Crippen molar-refractivity contribution in [3.63, 3.8) is 0 Å². The van der Waals surface area contributed by atoms with Gasteiger partial charge >= 0.3 is 5.97 Å². The third-order valence-corrected chi connectivity index (χ3v) is 3.52. The van der Waals surface area contributed by atoms with E-state index in [1.54, 1.807) is 48.5 Å². The number of esters is 1. The first-order valence-corrected chi connectivity index (χ1v) is 8.24. The number of carbonyl (C=O) groups excluding carboxylic acids is 3. The van der Waals surface area contributed by atoms with E-state index in [4.69, 9.17) is 14.2 Å². The molecule has 2 aromatic carbocycles. The molecule has 0 aromatic heterocycles. The van der Waals surface area contributed by atoms with Crippen molar-refractivity contribution in [2.24, 2.45) is 0 Å². The summed E-state index contributed by atoms with van der Waals surface area (Å²) < 4.78 is 15.1. The van der Waals surface area contributed by atoms with Crippen LogP contribution in [0.5, 0.6) is 11.5 Å². The molecule has 0 spiro atoms. The highest BCUT2D eigenvalue weighted by molar-refractivity contribution is 5.95. The molecule has 146 valence electrons. The number of hydrazine groups is 1. The predicted octanol–water partition coefficient (Wildman–Crippen LogP) is 1.72. The molecule has 8 heteroatoms. The number of methoxy groups -OCH3 is 2. The van der Waals surface area contributed by atoms with Crippen LogP contribution in [-0.4, -0.2) is 38.6 Å². The van der Waals surface area contributed by atoms with Gasteiger partial charge in [0, 0.05) is 11.6 Å². The van der Waals surface area contributed by atoms with Crippen LogP contribution in [0.4, 0.5) is 0 Å². The molecule has 0 fully saturated rings. The summed E-state index contributed by atoms with van der Waals surface area (Å²) in [5.74, 6) is -0.770. The Kier molecular flexibility index (Phi) is 7.59. The maximum absolute atomic E-state index is 11.8. The van der Waals surface area contributed by atoms with E-state index in [1.165, 1.54) is 26.4 Å². The lowest BCUT2D eigenvalue weighted by molar-refractivity contribution is -0.144. The van der Waals surface area contributed by atoms with Crippen molar-refractivity contribution < 1.29 is 28.6 Å². The molecule has 0 saturated carbocycles. The van der Waals surface area contributed by atoms with Crippen LogP contribution in [0.2, 0.25) is 0 Å². The van der Waals surface area contributed by atoms with E-state index in [2.05, 4.69) is 10.9 Å². The second kappa shape index (κ2) is 10.4. The summed E-state index contributed by atoms with van der Waals surface area (Å²) >= 11 is 0. The third-order valence-electron chi connectivity index (χ3n) is 3.52. The van der Waals surface area contributed by atoms with E-state index in [9.17, 15) is 14.4 Å². The van der Waals surface area contributed by atoms with Gasteiger partial charge in [-0.25, -0.2) is 4.79 Å². The number of hydrogen-bond donors (Lipinski definition) is 2. The van der Waals surface area contributed by atoms with Gasteiger partial charge in [0.05, 0.1) is 14.2 Å². The van der Waals surface area contributed by atoms with E-state index < -0.39 is 24.4 Å². The van der Waals surface area contributed by atoms with Crippen LogP contribution in [-0.2, 0) is 14.3 Å². The molecule has 0 aliphatic rings. The Labute approximate surface area is 162 Å². The highest BCUT2D eigenvalue weighted by Gasteiger charge is 2.08. The average Bonchev–Trinajstić information content (AvgIpc) is 2.74. The molecule has 0 bridgehead atoms. The summed E-state index contributed by atoms with van der Waals surface area (Å²) in [6.07, 6.45) is 2.69. The van der Waals surface area contributed by atoms with Crippen LogP contribution in [0.1, 0.15) is 15.9 Å². The molecule has 0 radical (unpaired) electrons. The van der Waals surface area contributed by atoms with Crippen LogP contribution in [0.15, 0.2) is 54.6 Å². The Balaban J connectivity index is 1.78. The summed E-state index contributed by atoms with van der Waals surface area (Å²) in [5, 5.41) is 0. The van der Waals surface area contributed by atoms with Gasteiger partial charge in [0.1, 0.15) is 0 Å². The lowest BCUT2D eigenvalue weighted by atomic mass is 10.2. The van der Waals surface area contributed by atoms with Crippen molar-refractivity contribution in [3.8, 4) is 11.5 Å². The lowest BCUT2D eigenvalue weighted by Crippen LogP contribution is -2.43. The van der Waals surface area contributed by atoms with Gasteiger partial charge in [-0.15, -0.1) is 0 Å². The number of nitrogens with one attached hydrogen (secondary N) is 2. The van der Waals surface area contributed by atoms with Crippen molar-refractivity contribution in [2.75, 3.05) is 20.8 Å². The molecule has 2 N–H and O–H groups in total. The maximum Gasteiger partial charge on any atom is 0.331 e. The Hall–Kier alpha value is -3.81. The van der Waals surface area contributed by atoms with Crippen LogP contribution < -0.4 is 20.3 Å². The minimum Gasteiger partial charge on any atom is -0.493 e. The smallest absolute Gasteiger partial charge is 0.331 e. The predicted molar refractivity (Wildman–Crippen MR) is 102 cm³/mol. The monoisotopic (exact) mass is 384 g/mol. The van der Waals surface area contributed by atoms with E-state index in [0.29, 0.717) is 22.6 Å². The van der Waals surface area contributed by atoms with E-state index in [0.717, 1.165) is 0 Å². The van der Waals surface area contributed by atoms with E-state index >= 15 is 0 Å². The maximum atomic E-state index is 11.8. The molecule has 0 atom stereocenters. The highest BCUT2D eigenvalue weighted by atomic mass is 16.5. The van der Waals surface area contributed by atoms with Gasteiger partial charge in [-0.3, -0.25) is 20.4 Å².